The largest absolute Gasteiger partial charge is 0.481 e. The van der Waals surface area contributed by atoms with E-state index < -0.39 is 11.4 Å². The molecule has 1 rings (SSSR count). The molecule has 0 saturated carbocycles. The van der Waals surface area contributed by atoms with Gasteiger partial charge in [-0.25, -0.2) is 0 Å². The Morgan fingerprint density at radius 2 is 2.46 bits per heavy atom. The maximum absolute atomic E-state index is 10.6. The maximum atomic E-state index is 10.6. The van der Waals surface area contributed by atoms with Crippen molar-refractivity contribution in [3.8, 4) is 0 Å². The number of carbonyl (C=O) groups is 1. The molecule has 72 valence electrons. The molecule has 1 atom stereocenters. The monoisotopic (exact) mass is 199 g/mol. The van der Waals surface area contributed by atoms with Crippen molar-refractivity contribution in [3.05, 3.63) is 22.4 Å². The number of aliphatic carboxylic acids is 1. The molecule has 0 spiro atoms. The lowest BCUT2D eigenvalue weighted by Gasteiger charge is -2.24. The molecule has 0 aliphatic heterocycles. The molecule has 1 aromatic heterocycles. The van der Waals surface area contributed by atoms with Crippen LogP contribution >= 0.6 is 11.3 Å². The number of hydrogen-bond donors (Lipinski definition) is 2. The Kier molecular flexibility index (Phi) is 3.06. The lowest BCUT2D eigenvalue weighted by atomic mass is 9.85. The Labute approximate surface area is 81.2 Å². The zero-order chi connectivity index (χ0) is 9.90. The molecule has 0 amide bonds. The van der Waals surface area contributed by atoms with Crippen LogP contribution in [-0.2, 0) is 10.2 Å². The van der Waals surface area contributed by atoms with Crippen LogP contribution in [0.25, 0.3) is 0 Å². The average Bonchev–Trinajstić information content (AvgIpc) is 2.55. The van der Waals surface area contributed by atoms with Gasteiger partial charge in [0.05, 0.1) is 6.42 Å². The first-order valence-electron chi connectivity index (χ1n) is 4.04. The molecule has 1 unspecified atom stereocenters. The summed E-state index contributed by atoms with van der Waals surface area (Å²) in [7, 11) is 0. The highest BCUT2D eigenvalue weighted by Gasteiger charge is 2.28. The van der Waals surface area contributed by atoms with Crippen molar-refractivity contribution in [3.63, 3.8) is 0 Å². The summed E-state index contributed by atoms with van der Waals surface area (Å²) in [6.07, 6.45) is 0.0873. The minimum atomic E-state index is -0.804. The molecular formula is C9H13NO2S. The van der Waals surface area contributed by atoms with E-state index >= 15 is 0 Å². The Hall–Kier alpha value is -0.870. The van der Waals surface area contributed by atoms with E-state index in [4.69, 9.17) is 10.8 Å². The van der Waals surface area contributed by atoms with Gasteiger partial charge in [0.15, 0.2) is 0 Å². The summed E-state index contributed by atoms with van der Waals surface area (Å²) in [6.45, 7) is 2.24. The summed E-state index contributed by atoms with van der Waals surface area (Å²) in [5.41, 5.74) is 5.17. The smallest absolute Gasteiger partial charge is 0.304 e. The quantitative estimate of drug-likeness (QED) is 0.771. The van der Waals surface area contributed by atoms with E-state index in [1.807, 2.05) is 24.4 Å². The molecule has 1 aromatic rings. The van der Waals surface area contributed by atoms with Crippen LogP contribution in [0.1, 0.15) is 18.2 Å². The van der Waals surface area contributed by atoms with Crippen LogP contribution in [0.15, 0.2) is 17.5 Å². The minimum absolute atomic E-state index is 0.0873. The van der Waals surface area contributed by atoms with E-state index in [0.29, 0.717) is 6.54 Å². The molecule has 0 fully saturated rings. The Bertz CT molecular complexity index is 284. The third-order valence-electron chi connectivity index (χ3n) is 2.11. The normalized spacial score (nSPS) is 15.2. The van der Waals surface area contributed by atoms with Gasteiger partial charge in [-0.1, -0.05) is 13.0 Å². The first kappa shape index (κ1) is 10.2. The predicted octanol–water partition coefficient (Wildman–Crippen LogP) is 1.44. The first-order valence-corrected chi connectivity index (χ1v) is 4.92. The molecular weight excluding hydrogens is 186 g/mol. The second kappa shape index (κ2) is 3.89. The van der Waals surface area contributed by atoms with Crippen molar-refractivity contribution in [1.29, 1.82) is 0 Å². The molecule has 0 aliphatic rings. The summed E-state index contributed by atoms with van der Waals surface area (Å²) >= 11 is 1.55. The third-order valence-corrected chi connectivity index (χ3v) is 3.28. The van der Waals surface area contributed by atoms with Crippen LogP contribution in [0.5, 0.6) is 0 Å². The van der Waals surface area contributed by atoms with E-state index in [9.17, 15) is 4.79 Å². The highest BCUT2D eigenvalue weighted by atomic mass is 32.1. The van der Waals surface area contributed by atoms with Crippen molar-refractivity contribution in [1.82, 2.24) is 0 Å². The number of hydrogen-bond acceptors (Lipinski definition) is 3. The molecule has 3 nitrogen and oxygen atoms in total. The molecule has 0 aromatic carbocycles. The lowest BCUT2D eigenvalue weighted by molar-refractivity contribution is -0.138. The summed E-state index contributed by atoms with van der Waals surface area (Å²) in [5, 5.41) is 10.7. The highest BCUT2D eigenvalue weighted by molar-refractivity contribution is 7.10. The van der Waals surface area contributed by atoms with Gasteiger partial charge in [-0.15, -0.1) is 11.3 Å². The van der Waals surface area contributed by atoms with Crippen molar-refractivity contribution >= 4 is 17.3 Å². The molecule has 0 bridgehead atoms. The topological polar surface area (TPSA) is 63.3 Å². The summed E-state index contributed by atoms with van der Waals surface area (Å²) < 4.78 is 0. The Morgan fingerprint density at radius 1 is 1.77 bits per heavy atom. The SMILES string of the molecule is CC(CN)(CC(=O)O)c1cccs1. The highest BCUT2D eigenvalue weighted by Crippen LogP contribution is 2.30. The number of nitrogens with two attached hydrogens (primary N) is 1. The minimum Gasteiger partial charge on any atom is -0.481 e. The summed E-state index contributed by atoms with van der Waals surface area (Å²) in [6, 6.07) is 3.84. The number of thiophene rings is 1. The predicted molar refractivity (Wildman–Crippen MR) is 53.0 cm³/mol. The van der Waals surface area contributed by atoms with E-state index in [0.717, 1.165) is 4.88 Å². The molecule has 1 heterocycles. The number of carboxylic acids is 1. The molecule has 13 heavy (non-hydrogen) atoms. The van der Waals surface area contributed by atoms with Crippen LogP contribution in [0.3, 0.4) is 0 Å². The fourth-order valence-corrected chi connectivity index (χ4v) is 2.12. The zero-order valence-electron chi connectivity index (χ0n) is 7.49. The van der Waals surface area contributed by atoms with Crippen molar-refractivity contribution in [2.75, 3.05) is 6.54 Å². The summed E-state index contributed by atoms with van der Waals surface area (Å²) in [5.74, 6) is -0.804. The second-order valence-electron chi connectivity index (χ2n) is 3.31. The van der Waals surface area contributed by atoms with E-state index in [-0.39, 0.29) is 6.42 Å². The molecule has 0 radical (unpaired) electrons. The van der Waals surface area contributed by atoms with Crippen LogP contribution in [0.2, 0.25) is 0 Å². The van der Waals surface area contributed by atoms with Gasteiger partial charge in [0.1, 0.15) is 0 Å². The molecule has 0 saturated heterocycles. The van der Waals surface area contributed by atoms with Crippen LogP contribution in [-0.4, -0.2) is 17.6 Å². The van der Waals surface area contributed by atoms with Crippen LogP contribution < -0.4 is 5.73 Å². The van der Waals surface area contributed by atoms with Crippen molar-refractivity contribution in [2.45, 2.75) is 18.8 Å². The van der Waals surface area contributed by atoms with E-state index in [2.05, 4.69) is 0 Å². The van der Waals surface area contributed by atoms with E-state index in [1.165, 1.54) is 0 Å². The third kappa shape index (κ3) is 2.29. The van der Waals surface area contributed by atoms with Gasteiger partial charge in [0, 0.05) is 16.8 Å². The Morgan fingerprint density at radius 3 is 2.85 bits per heavy atom. The van der Waals surface area contributed by atoms with Gasteiger partial charge >= 0.3 is 5.97 Å². The van der Waals surface area contributed by atoms with Crippen molar-refractivity contribution in [2.24, 2.45) is 5.73 Å². The molecule has 4 heteroatoms. The zero-order valence-corrected chi connectivity index (χ0v) is 8.30. The van der Waals surface area contributed by atoms with Gasteiger partial charge in [0.25, 0.3) is 0 Å². The molecule has 0 aliphatic carbocycles. The standard InChI is InChI=1S/C9H13NO2S/c1-9(6-10,5-8(11)12)7-3-2-4-13-7/h2-4H,5-6,10H2,1H3,(H,11,12). The van der Waals surface area contributed by atoms with E-state index in [1.54, 1.807) is 11.3 Å². The Balaban J connectivity index is 2.87. The number of rotatable bonds is 4. The maximum Gasteiger partial charge on any atom is 0.304 e. The van der Waals surface area contributed by atoms with Gasteiger partial charge in [0.2, 0.25) is 0 Å². The second-order valence-corrected chi connectivity index (χ2v) is 4.26. The average molecular weight is 199 g/mol. The fourth-order valence-electron chi connectivity index (χ4n) is 1.22. The van der Waals surface area contributed by atoms with Crippen LogP contribution in [0, 0.1) is 0 Å². The van der Waals surface area contributed by atoms with Crippen LogP contribution in [0.4, 0.5) is 0 Å². The van der Waals surface area contributed by atoms with Gasteiger partial charge < -0.3 is 10.8 Å². The van der Waals surface area contributed by atoms with Gasteiger partial charge in [-0.05, 0) is 11.4 Å². The van der Waals surface area contributed by atoms with Crippen molar-refractivity contribution < 1.29 is 9.90 Å². The van der Waals surface area contributed by atoms with Gasteiger partial charge in [-0.2, -0.15) is 0 Å². The first-order chi connectivity index (χ1) is 6.08. The van der Waals surface area contributed by atoms with Gasteiger partial charge in [-0.3, -0.25) is 4.79 Å². The molecule has 3 N–H and O–H groups in total. The lowest BCUT2D eigenvalue weighted by Crippen LogP contribution is -2.33. The summed E-state index contributed by atoms with van der Waals surface area (Å²) in [4.78, 5) is 11.7. The fraction of sp³-hybridized carbons (Fsp3) is 0.444. The number of carboxylic acid groups (broad SMARTS) is 1.